The van der Waals surface area contributed by atoms with E-state index in [-0.39, 0.29) is 75.7 Å². The van der Waals surface area contributed by atoms with Crippen LogP contribution in [-0.2, 0) is 11.2 Å². The maximum absolute atomic E-state index is 14.1. The Morgan fingerprint density at radius 1 is 0.831 bits per heavy atom. The molecular formula is C45H48O14. The third kappa shape index (κ3) is 8.14. The molecule has 9 atom stereocenters. The van der Waals surface area contributed by atoms with Crippen LogP contribution in [0, 0.1) is 5.92 Å². The summed E-state index contributed by atoms with van der Waals surface area (Å²) in [5, 5.41) is 95.5. The fourth-order valence-electron chi connectivity index (χ4n) is 8.01. The molecule has 9 N–H and O–H groups in total. The van der Waals surface area contributed by atoms with E-state index < -0.39 is 67.0 Å². The molecule has 0 saturated carbocycles. The molecule has 0 radical (unpaired) electrons. The summed E-state index contributed by atoms with van der Waals surface area (Å²) in [5.41, 5.74) is 3.84. The van der Waals surface area contributed by atoms with Gasteiger partial charge in [-0.1, -0.05) is 35.9 Å². The van der Waals surface area contributed by atoms with E-state index in [9.17, 15) is 50.8 Å². The molecule has 14 heteroatoms. The summed E-state index contributed by atoms with van der Waals surface area (Å²) in [6.07, 6.45) is -7.57. The van der Waals surface area contributed by atoms with Crippen molar-refractivity contribution < 1.29 is 69.7 Å². The lowest BCUT2D eigenvalue weighted by Crippen LogP contribution is -2.60. The van der Waals surface area contributed by atoms with Gasteiger partial charge in [-0.3, -0.25) is 4.79 Å². The summed E-state index contributed by atoms with van der Waals surface area (Å²) >= 11 is 0. The molecule has 3 aliphatic rings. The molecule has 3 heterocycles. The van der Waals surface area contributed by atoms with Gasteiger partial charge < -0.3 is 64.9 Å². The lowest BCUT2D eigenvalue weighted by Gasteiger charge is -2.40. The summed E-state index contributed by atoms with van der Waals surface area (Å²) in [5.74, 6) is -2.39. The second-order valence-electron chi connectivity index (χ2n) is 15.7. The number of hydrogen-bond acceptors (Lipinski definition) is 14. The van der Waals surface area contributed by atoms with Crippen molar-refractivity contribution in [2.24, 2.45) is 5.92 Å². The first-order chi connectivity index (χ1) is 28.0. The van der Waals surface area contributed by atoms with E-state index >= 15 is 0 Å². The quantitative estimate of drug-likeness (QED) is 0.0857. The average Bonchev–Trinajstić information content (AvgIpc) is 3.54. The minimum atomic E-state index is -1.78. The SMILES string of the molecule is C=C(C)C(CC=C(C)C)Cc1c(OC2OC(CO)C(O)C(O)C2O)cc(O)c2c1OC(c1cc3c(cc1O)OC(c1ccc(O)cc1)C3c1cc(O)cc(O)c1)CC2=O. The van der Waals surface area contributed by atoms with Crippen LogP contribution < -0.4 is 14.2 Å². The van der Waals surface area contributed by atoms with E-state index in [1.54, 1.807) is 18.2 Å². The van der Waals surface area contributed by atoms with E-state index in [1.165, 1.54) is 42.5 Å². The summed E-state index contributed by atoms with van der Waals surface area (Å²) < 4.78 is 24.8. The maximum atomic E-state index is 14.1. The van der Waals surface area contributed by atoms with Crippen molar-refractivity contribution in [3.05, 3.63) is 118 Å². The van der Waals surface area contributed by atoms with Gasteiger partial charge in [0.25, 0.3) is 0 Å². The molecule has 1 saturated heterocycles. The van der Waals surface area contributed by atoms with Crippen LogP contribution in [0.3, 0.4) is 0 Å². The summed E-state index contributed by atoms with van der Waals surface area (Å²) in [6.45, 7) is 9.23. The van der Waals surface area contributed by atoms with Crippen LogP contribution in [-0.4, -0.2) is 89.1 Å². The van der Waals surface area contributed by atoms with Crippen LogP contribution in [0.2, 0.25) is 0 Å². The van der Waals surface area contributed by atoms with Gasteiger partial charge in [-0.25, -0.2) is 0 Å². The molecule has 59 heavy (non-hydrogen) atoms. The van der Waals surface area contributed by atoms with Crippen molar-refractivity contribution in [2.75, 3.05) is 6.61 Å². The predicted molar refractivity (Wildman–Crippen MR) is 212 cm³/mol. The van der Waals surface area contributed by atoms with Crippen molar-refractivity contribution in [3.8, 4) is 46.0 Å². The van der Waals surface area contributed by atoms with Crippen LogP contribution in [0.5, 0.6) is 46.0 Å². The van der Waals surface area contributed by atoms with Gasteiger partial charge in [0.2, 0.25) is 6.29 Å². The van der Waals surface area contributed by atoms with E-state index in [2.05, 4.69) is 6.58 Å². The van der Waals surface area contributed by atoms with Crippen molar-refractivity contribution in [1.29, 1.82) is 0 Å². The number of hydrogen-bond donors (Lipinski definition) is 9. The van der Waals surface area contributed by atoms with Crippen molar-refractivity contribution in [1.82, 2.24) is 0 Å². The number of aliphatic hydroxyl groups excluding tert-OH is 4. The number of aliphatic hydroxyl groups is 4. The standard InChI is InChI=1S/C45H48O14/c1-20(2)5-6-23(21(3)4)13-30-36(58-45-42(55)41(54)40(53)37(19-46)59-45)18-33(52)39-32(51)17-34(57-44(30)39)28-15-29-35(16-31(28)50)56-43(22-7-9-25(47)10-8-22)38(29)24-11-26(48)14-27(49)12-24/h5,7-12,14-16,18,23,34,37-38,40-43,45-50,52-55H,3,6,13,17,19H2,1-2,4H3. The highest BCUT2D eigenvalue weighted by molar-refractivity contribution is 6.03. The first-order valence-corrected chi connectivity index (χ1v) is 19.2. The third-order valence-electron chi connectivity index (χ3n) is 11.2. The normalized spacial score (nSPS) is 25.2. The van der Waals surface area contributed by atoms with Crippen molar-refractivity contribution >= 4 is 5.78 Å². The largest absolute Gasteiger partial charge is 0.508 e. The number of phenolic OH excluding ortho intramolecular Hbond substituents is 5. The number of carbonyl (C=O) groups is 1. The Hall–Kier alpha value is -5.77. The number of fused-ring (bicyclic) bond motifs is 2. The summed E-state index contributed by atoms with van der Waals surface area (Å²) in [7, 11) is 0. The minimum Gasteiger partial charge on any atom is -0.508 e. The molecule has 7 rings (SSSR count). The van der Waals surface area contributed by atoms with Crippen LogP contribution in [0.15, 0.2) is 84.5 Å². The van der Waals surface area contributed by atoms with Crippen molar-refractivity contribution in [2.45, 2.75) is 88.9 Å². The summed E-state index contributed by atoms with van der Waals surface area (Å²) in [4.78, 5) is 14.1. The molecular weight excluding hydrogens is 764 g/mol. The Balaban J connectivity index is 1.33. The number of rotatable bonds is 11. The van der Waals surface area contributed by atoms with Gasteiger partial charge in [0, 0.05) is 34.9 Å². The monoisotopic (exact) mass is 812 g/mol. The number of carbonyl (C=O) groups excluding carboxylic acids is 1. The molecule has 0 aliphatic carbocycles. The summed E-state index contributed by atoms with van der Waals surface area (Å²) in [6, 6.07) is 14.7. The number of Topliss-reactive ketones (excluding diaryl/α,β-unsaturated/α-hetero) is 1. The minimum absolute atomic E-state index is 0.0359. The lowest BCUT2D eigenvalue weighted by molar-refractivity contribution is -0.277. The fourth-order valence-corrected chi connectivity index (χ4v) is 8.01. The van der Waals surface area contributed by atoms with Gasteiger partial charge in [-0.2, -0.15) is 0 Å². The van der Waals surface area contributed by atoms with Gasteiger partial charge in [0.1, 0.15) is 88.2 Å². The van der Waals surface area contributed by atoms with E-state index in [4.69, 9.17) is 18.9 Å². The van der Waals surface area contributed by atoms with Gasteiger partial charge in [0.05, 0.1) is 18.9 Å². The number of allylic oxidation sites excluding steroid dienone is 3. The molecule has 9 unspecified atom stereocenters. The third-order valence-corrected chi connectivity index (χ3v) is 11.2. The zero-order chi connectivity index (χ0) is 42.4. The number of ether oxygens (including phenoxy) is 4. The number of aromatic hydroxyl groups is 5. The molecule has 4 aromatic rings. The topological polar surface area (TPSA) is 236 Å². The van der Waals surface area contributed by atoms with Crippen LogP contribution in [0.25, 0.3) is 0 Å². The van der Waals surface area contributed by atoms with Crippen molar-refractivity contribution in [3.63, 3.8) is 0 Å². The molecule has 4 aromatic carbocycles. The average molecular weight is 813 g/mol. The van der Waals surface area contributed by atoms with Gasteiger partial charge in [-0.15, -0.1) is 0 Å². The predicted octanol–water partition coefficient (Wildman–Crippen LogP) is 5.46. The molecule has 0 amide bonds. The first kappa shape index (κ1) is 41.4. The second kappa shape index (κ2) is 16.5. The molecule has 0 bridgehead atoms. The van der Waals surface area contributed by atoms with Gasteiger partial charge in [0.15, 0.2) is 5.78 Å². The van der Waals surface area contributed by atoms with Crippen LogP contribution in [0.4, 0.5) is 0 Å². The molecule has 1 fully saturated rings. The van der Waals surface area contributed by atoms with E-state index in [1.807, 2.05) is 26.8 Å². The highest BCUT2D eigenvalue weighted by atomic mass is 16.7. The lowest BCUT2D eigenvalue weighted by atomic mass is 9.83. The Bertz CT molecular complexity index is 2260. The zero-order valence-electron chi connectivity index (χ0n) is 32.6. The maximum Gasteiger partial charge on any atom is 0.229 e. The van der Waals surface area contributed by atoms with Gasteiger partial charge >= 0.3 is 0 Å². The smallest absolute Gasteiger partial charge is 0.229 e. The van der Waals surface area contributed by atoms with Crippen LogP contribution >= 0.6 is 0 Å². The second-order valence-corrected chi connectivity index (χ2v) is 15.7. The Labute approximate surface area is 340 Å². The molecule has 0 aromatic heterocycles. The number of benzene rings is 4. The van der Waals surface area contributed by atoms with Crippen LogP contribution in [0.1, 0.15) is 89.9 Å². The highest BCUT2D eigenvalue weighted by Crippen LogP contribution is 2.55. The number of ketones is 1. The Kier molecular flexibility index (Phi) is 11.6. The first-order valence-electron chi connectivity index (χ1n) is 19.2. The Morgan fingerprint density at radius 3 is 2.17 bits per heavy atom. The van der Waals surface area contributed by atoms with Gasteiger partial charge in [-0.05, 0) is 81.0 Å². The molecule has 0 spiro atoms. The Morgan fingerprint density at radius 2 is 1.53 bits per heavy atom. The zero-order valence-corrected chi connectivity index (χ0v) is 32.6. The number of phenols is 5. The fraction of sp³-hybridized carbons (Fsp3) is 0.356. The van der Waals surface area contributed by atoms with E-state index in [0.29, 0.717) is 23.1 Å². The molecule has 3 aliphatic heterocycles. The highest BCUT2D eigenvalue weighted by Gasteiger charge is 2.46. The van der Waals surface area contributed by atoms with E-state index in [0.717, 1.165) is 11.1 Å². The molecule has 14 nitrogen and oxygen atoms in total. The molecule has 312 valence electrons.